The van der Waals surface area contributed by atoms with Crippen LogP contribution in [0.25, 0.3) is 0 Å². The molecule has 0 radical (unpaired) electrons. The zero-order chi connectivity index (χ0) is 18.7. The van der Waals surface area contributed by atoms with Crippen LogP contribution in [0.2, 0.25) is 0 Å². The number of piperidine rings is 1. The molecule has 0 aliphatic carbocycles. The second-order valence-electron chi connectivity index (χ2n) is 7.66. The van der Waals surface area contributed by atoms with E-state index in [1.807, 2.05) is 18.5 Å². The van der Waals surface area contributed by atoms with Crippen LogP contribution in [0, 0.1) is 19.8 Å². The van der Waals surface area contributed by atoms with Gasteiger partial charge in [-0.3, -0.25) is 14.4 Å². The van der Waals surface area contributed by atoms with Gasteiger partial charge < -0.3 is 5.32 Å². The predicted molar refractivity (Wildman–Crippen MR) is 101 cm³/mol. The molecule has 1 N–H and O–H groups in total. The third kappa shape index (κ3) is 4.85. The van der Waals surface area contributed by atoms with Crippen LogP contribution in [-0.4, -0.2) is 66.2 Å². The van der Waals surface area contributed by atoms with Crippen molar-refractivity contribution in [3.8, 4) is 0 Å². The van der Waals surface area contributed by atoms with Crippen molar-refractivity contribution >= 4 is 15.7 Å². The minimum atomic E-state index is -2.84. The predicted octanol–water partition coefficient (Wildman–Crippen LogP) is 0.905. The molecule has 7 nitrogen and oxygen atoms in total. The maximum atomic E-state index is 12.4. The van der Waals surface area contributed by atoms with Crippen LogP contribution in [0.15, 0.2) is 6.07 Å². The lowest BCUT2D eigenvalue weighted by molar-refractivity contribution is -0.126. The zero-order valence-electron chi connectivity index (χ0n) is 15.8. The highest BCUT2D eigenvalue weighted by Gasteiger charge is 2.35. The molecule has 1 aromatic heterocycles. The first-order valence-electron chi connectivity index (χ1n) is 9.57. The number of carbonyl (C=O) groups excluding carboxylic acids is 1. The van der Waals surface area contributed by atoms with Crippen molar-refractivity contribution < 1.29 is 13.2 Å². The minimum absolute atomic E-state index is 0.0537. The lowest BCUT2D eigenvalue weighted by atomic mass is 9.94. The molecule has 0 spiro atoms. The van der Waals surface area contributed by atoms with E-state index in [0.717, 1.165) is 56.7 Å². The maximum absolute atomic E-state index is 12.4. The van der Waals surface area contributed by atoms with Gasteiger partial charge in [-0.25, -0.2) is 8.42 Å². The van der Waals surface area contributed by atoms with Gasteiger partial charge in [-0.05, 0) is 58.7 Å². The lowest BCUT2D eigenvalue weighted by Crippen LogP contribution is -2.45. The van der Waals surface area contributed by atoms with E-state index in [0.29, 0.717) is 12.3 Å². The van der Waals surface area contributed by atoms with Crippen molar-refractivity contribution in [2.24, 2.45) is 5.92 Å². The first-order chi connectivity index (χ1) is 12.3. The largest absolute Gasteiger partial charge is 0.356 e. The molecule has 1 atom stereocenters. The van der Waals surface area contributed by atoms with Crippen LogP contribution in [0.4, 0.5) is 0 Å². The summed E-state index contributed by atoms with van der Waals surface area (Å²) in [7, 11) is -2.84. The molecule has 1 amide bonds. The van der Waals surface area contributed by atoms with Gasteiger partial charge in [0, 0.05) is 30.7 Å². The summed E-state index contributed by atoms with van der Waals surface area (Å²) in [5, 5.41) is 7.48. The Hall–Kier alpha value is -1.41. The topological polar surface area (TPSA) is 84.3 Å². The Bertz CT molecular complexity index is 736. The highest BCUT2D eigenvalue weighted by molar-refractivity contribution is 7.91. The van der Waals surface area contributed by atoms with Crippen LogP contribution in [0.5, 0.6) is 0 Å². The maximum Gasteiger partial charge on any atom is 0.223 e. The summed E-state index contributed by atoms with van der Waals surface area (Å²) in [6, 6.07) is 2.21. The number of likely N-dealkylation sites (tertiary alicyclic amines) is 1. The monoisotopic (exact) mass is 382 g/mol. The fraction of sp³-hybridized carbons (Fsp3) is 0.778. The van der Waals surface area contributed by atoms with Crippen LogP contribution in [-0.2, 0) is 21.2 Å². The summed E-state index contributed by atoms with van der Waals surface area (Å²) in [6.45, 7) is 7.15. The molecule has 26 heavy (non-hydrogen) atoms. The van der Waals surface area contributed by atoms with E-state index < -0.39 is 9.84 Å². The third-order valence-corrected chi connectivity index (χ3v) is 7.32. The molecule has 2 fully saturated rings. The first-order valence-corrected chi connectivity index (χ1v) is 11.4. The molecule has 1 aromatic rings. The van der Waals surface area contributed by atoms with E-state index in [-0.39, 0.29) is 23.6 Å². The normalized spacial score (nSPS) is 24.0. The van der Waals surface area contributed by atoms with Crippen LogP contribution < -0.4 is 5.32 Å². The molecule has 0 aromatic carbocycles. The number of carbonyl (C=O) groups is 1. The molecule has 2 saturated heterocycles. The lowest BCUT2D eigenvalue weighted by Gasteiger charge is -2.34. The van der Waals surface area contributed by atoms with E-state index in [2.05, 4.69) is 21.4 Å². The Labute approximate surface area is 156 Å². The second kappa shape index (κ2) is 8.08. The van der Waals surface area contributed by atoms with Gasteiger partial charge in [0.25, 0.3) is 0 Å². The summed E-state index contributed by atoms with van der Waals surface area (Å²) in [4.78, 5) is 14.6. The Morgan fingerprint density at radius 2 is 2.00 bits per heavy atom. The zero-order valence-corrected chi connectivity index (χ0v) is 16.6. The molecule has 0 saturated carbocycles. The van der Waals surface area contributed by atoms with E-state index in [1.54, 1.807) is 0 Å². The average Bonchev–Trinajstić information content (AvgIpc) is 3.12. The number of nitrogens with zero attached hydrogens (tertiary/aromatic N) is 3. The van der Waals surface area contributed by atoms with E-state index in [1.165, 1.54) is 0 Å². The fourth-order valence-corrected chi connectivity index (χ4v) is 5.84. The number of aromatic nitrogens is 2. The number of aryl methyl sites for hydroxylation is 3. The van der Waals surface area contributed by atoms with Crippen LogP contribution in [0.3, 0.4) is 0 Å². The van der Waals surface area contributed by atoms with E-state index in [9.17, 15) is 13.2 Å². The summed E-state index contributed by atoms with van der Waals surface area (Å²) in [6.07, 6.45) is 3.25. The highest BCUT2D eigenvalue weighted by atomic mass is 32.2. The molecule has 0 unspecified atom stereocenters. The summed E-state index contributed by atoms with van der Waals surface area (Å²) in [5.41, 5.74) is 2.17. The van der Waals surface area contributed by atoms with Gasteiger partial charge in [0.15, 0.2) is 9.84 Å². The number of nitrogens with one attached hydrogen (secondary N) is 1. The van der Waals surface area contributed by atoms with Gasteiger partial charge in [-0.2, -0.15) is 5.10 Å². The molecule has 0 bridgehead atoms. The van der Waals surface area contributed by atoms with Crippen molar-refractivity contribution in [1.82, 2.24) is 20.0 Å². The summed E-state index contributed by atoms with van der Waals surface area (Å²) in [5.74, 6) is 0.791. The molecule has 2 aliphatic heterocycles. The number of hydrogen-bond acceptors (Lipinski definition) is 5. The number of hydrogen-bond donors (Lipinski definition) is 1. The molecular weight excluding hydrogens is 352 g/mol. The van der Waals surface area contributed by atoms with Crippen molar-refractivity contribution in [1.29, 1.82) is 0 Å². The van der Waals surface area contributed by atoms with Gasteiger partial charge in [0.05, 0.1) is 17.2 Å². The quantitative estimate of drug-likeness (QED) is 0.739. The van der Waals surface area contributed by atoms with E-state index >= 15 is 0 Å². The standard InChI is InChI=1S/C18H30N4O3S/c1-14-12-15(2)22(20-14)8-3-7-19-18(23)16-4-9-21(10-5-16)17-6-11-26(24,25)13-17/h12,16-17H,3-11,13H2,1-2H3,(H,19,23)/t17-/m1/s1. The Morgan fingerprint density at radius 3 is 2.58 bits per heavy atom. The molecule has 2 aliphatic rings. The molecule has 3 rings (SSSR count). The SMILES string of the molecule is Cc1cc(C)n(CCCNC(=O)C2CCN([C@@H]3CCS(=O)(=O)C3)CC2)n1. The van der Waals surface area contributed by atoms with Crippen molar-refractivity contribution in [2.75, 3.05) is 31.1 Å². The summed E-state index contributed by atoms with van der Waals surface area (Å²) >= 11 is 0. The van der Waals surface area contributed by atoms with Gasteiger partial charge in [-0.1, -0.05) is 0 Å². The number of rotatable bonds is 6. The minimum Gasteiger partial charge on any atom is -0.356 e. The Kier molecular flexibility index (Phi) is 6.02. The molecule has 3 heterocycles. The second-order valence-corrected chi connectivity index (χ2v) is 9.89. The number of amides is 1. The average molecular weight is 383 g/mol. The Balaban J connectivity index is 1.35. The fourth-order valence-electron chi connectivity index (χ4n) is 4.08. The van der Waals surface area contributed by atoms with Gasteiger partial charge in [0.1, 0.15) is 0 Å². The van der Waals surface area contributed by atoms with Crippen LogP contribution >= 0.6 is 0 Å². The molecular formula is C18H30N4O3S. The van der Waals surface area contributed by atoms with E-state index in [4.69, 9.17) is 0 Å². The van der Waals surface area contributed by atoms with Crippen molar-refractivity contribution in [2.45, 2.75) is 52.1 Å². The van der Waals surface area contributed by atoms with Crippen molar-refractivity contribution in [3.63, 3.8) is 0 Å². The smallest absolute Gasteiger partial charge is 0.223 e. The Morgan fingerprint density at radius 1 is 1.27 bits per heavy atom. The third-order valence-electron chi connectivity index (χ3n) is 5.57. The molecule has 8 heteroatoms. The highest BCUT2D eigenvalue weighted by Crippen LogP contribution is 2.24. The first kappa shape index (κ1) is 19.4. The van der Waals surface area contributed by atoms with Gasteiger partial charge >= 0.3 is 0 Å². The van der Waals surface area contributed by atoms with Crippen molar-refractivity contribution in [3.05, 3.63) is 17.5 Å². The van der Waals surface area contributed by atoms with Gasteiger partial charge in [0.2, 0.25) is 5.91 Å². The van der Waals surface area contributed by atoms with Crippen LogP contribution in [0.1, 0.15) is 37.1 Å². The summed E-state index contributed by atoms with van der Waals surface area (Å²) < 4.78 is 25.2. The van der Waals surface area contributed by atoms with Gasteiger partial charge in [-0.15, -0.1) is 0 Å². The number of sulfone groups is 1. The molecule has 146 valence electrons.